The van der Waals surface area contributed by atoms with Gasteiger partial charge in [-0.25, -0.2) is 4.39 Å². The van der Waals surface area contributed by atoms with Crippen molar-refractivity contribution in [3.8, 4) is 11.4 Å². The number of aryl methyl sites for hydroxylation is 3. The summed E-state index contributed by atoms with van der Waals surface area (Å²) >= 11 is 0. The van der Waals surface area contributed by atoms with Crippen LogP contribution in [0.15, 0.2) is 27.2 Å². The summed E-state index contributed by atoms with van der Waals surface area (Å²) in [6.07, 6.45) is 3.83. The van der Waals surface area contributed by atoms with E-state index in [1.54, 1.807) is 19.1 Å². The van der Waals surface area contributed by atoms with Crippen LogP contribution in [0.2, 0.25) is 0 Å². The number of aromatic nitrogens is 4. The van der Waals surface area contributed by atoms with Crippen LogP contribution in [0.1, 0.15) is 42.4 Å². The summed E-state index contributed by atoms with van der Waals surface area (Å²) in [5, 5.41) is 7.92. The highest BCUT2D eigenvalue weighted by Crippen LogP contribution is 2.36. The van der Waals surface area contributed by atoms with Crippen molar-refractivity contribution >= 4 is 0 Å². The molecule has 0 saturated heterocycles. The number of benzene rings is 1. The molecule has 0 radical (unpaired) electrons. The van der Waals surface area contributed by atoms with Crippen LogP contribution in [-0.4, -0.2) is 20.3 Å². The Kier molecular flexibility index (Phi) is 3.84. The van der Waals surface area contributed by atoms with Gasteiger partial charge < -0.3 is 14.8 Å². The molecule has 4 rings (SSSR count). The second-order valence-electron chi connectivity index (χ2n) is 6.50. The van der Waals surface area contributed by atoms with Gasteiger partial charge >= 0.3 is 0 Å². The van der Waals surface area contributed by atoms with Crippen molar-refractivity contribution in [2.45, 2.75) is 44.6 Å². The van der Waals surface area contributed by atoms with Gasteiger partial charge in [0.15, 0.2) is 5.82 Å². The third-order valence-corrected chi connectivity index (χ3v) is 4.60. The van der Waals surface area contributed by atoms with Gasteiger partial charge in [0.05, 0.1) is 5.54 Å². The Balaban J connectivity index is 1.42. The Bertz CT molecular complexity index is 900. The molecule has 1 aromatic carbocycles. The number of halogens is 1. The maximum absolute atomic E-state index is 13.3. The molecule has 130 valence electrons. The van der Waals surface area contributed by atoms with Gasteiger partial charge in [0.25, 0.3) is 0 Å². The van der Waals surface area contributed by atoms with Crippen LogP contribution in [0.4, 0.5) is 4.39 Å². The van der Waals surface area contributed by atoms with E-state index in [0.29, 0.717) is 47.4 Å². The van der Waals surface area contributed by atoms with Crippen LogP contribution >= 0.6 is 0 Å². The molecule has 0 atom stereocenters. The average molecular weight is 343 g/mol. The number of rotatable bonds is 5. The number of hydrogen-bond donors (Lipinski definition) is 1. The first-order valence-corrected chi connectivity index (χ1v) is 8.24. The summed E-state index contributed by atoms with van der Waals surface area (Å²) in [5.41, 5.74) is 7.00. The smallest absolute Gasteiger partial charge is 0.227 e. The van der Waals surface area contributed by atoms with Gasteiger partial charge in [-0.3, -0.25) is 0 Å². The lowest BCUT2D eigenvalue weighted by Crippen LogP contribution is -2.44. The number of nitrogens with zero attached hydrogens (tertiary/aromatic N) is 4. The fourth-order valence-electron chi connectivity index (χ4n) is 2.81. The molecule has 0 aliphatic heterocycles. The van der Waals surface area contributed by atoms with Gasteiger partial charge in [-0.2, -0.15) is 9.97 Å². The highest BCUT2D eigenvalue weighted by atomic mass is 19.1. The molecule has 3 aromatic rings. The Morgan fingerprint density at radius 3 is 2.52 bits per heavy atom. The predicted octanol–water partition coefficient (Wildman–Crippen LogP) is 2.69. The lowest BCUT2D eigenvalue weighted by Gasteiger charge is -2.34. The van der Waals surface area contributed by atoms with Gasteiger partial charge in [0, 0.05) is 18.4 Å². The van der Waals surface area contributed by atoms with Gasteiger partial charge in [-0.1, -0.05) is 10.3 Å². The standard InChI is InChI=1S/C17H18FN5O2/c1-10-9-11(3-4-12(10)18)15-20-13(24-22-15)5-6-14-21-16(23-25-14)17(19)7-2-8-17/h3-4,9H,2,5-8,19H2,1H3. The largest absolute Gasteiger partial charge is 0.339 e. The summed E-state index contributed by atoms with van der Waals surface area (Å²) in [7, 11) is 0. The van der Waals surface area contributed by atoms with E-state index in [2.05, 4.69) is 20.3 Å². The van der Waals surface area contributed by atoms with Crippen LogP contribution in [0, 0.1) is 12.7 Å². The fraction of sp³-hybridized carbons (Fsp3) is 0.412. The summed E-state index contributed by atoms with van der Waals surface area (Å²) in [6.45, 7) is 1.69. The minimum atomic E-state index is -0.431. The van der Waals surface area contributed by atoms with Crippen molar-refractivity contribution in [3.05, 3.63) is 47.2 Å². The highest BCUT2D eigenvalue weighted by Gasteiger charge is 2.38. The second kappa shape index (κ2) is 6.03. The highest BCUT2D eigenvalue weighted by molar-refractivity contribution is 5.55. The van der Waals surface area contributed by atoms with Gasteiger partial charge in [-0.05, 0) is 49.9 Å². The Morgan fingerprint density at radius 2 is 1.84 bits per heavy atom. The van der Waals surface area contributed by atoms with Crippen molar-refractivity contribution in [1.29, 1.82) is 0 Å². The van der Waals surface area contributed by atoms with Gasteiger partial charge in [0.2, 0.25) is 17.6 Å². The monoisotopic (exact) mass is 343 g/mol. The molecule has 1 saturated carbocycles. The molecule has 0 amide bonds. The first-order chi connectivity index (χ1) is 12.0. The minimum Gasteiger partial charge on any atom is -0.339 e. The molecule has 1 aliphatic carbocycles. The normalized spacial score (nSPS) is 16.0. The predicted molar refractivity (Wildman–Crippen MR) is 85.9 cm³/mol. The lowest BCUT2D eigenvalue weighted by molar-refractivity contribution is 0.229. The molecule has 0 bridgehead atoms. The molecular weight excluding hydrogens is 325 g/mol. The van der Waals surface area contributed by atoms with E-state index in [1.165, 1.54) is 6.07 Å². The fourth-order valence-corrected chi connectivity index (χ4v) is 2.81. The third-order valence-electron chi connectivity index (χ3n) is 4.60. The van der Waals surface area contributed by atoms with Crippen molar-refractivity contribution in [2.24, 2.45) is 5.73 Å². The molecule has 0 unspecified atom stereocenters. The van der Waals surface area contributed by atoms with Gasteiger partial charge in [0.1, 0.15) is 5.82 Å². The maximum Gasteiger partial charge on any atom is 0.227 e. The SMILES string of the molecule is Cc1cc(-c2noc(CCc3nc(C4(N)CCC4)no3)n2)ccc1F. The summed E-state index contributed by atoms with van der Waals surface area (Å²) in [4.78, 5) is 8.71. The van der Waals surface area contributed by atoms with Crippen molar-refractivity contribution in [2.75, 3.05) is 0 Å². The maximum atomic E-state index is 13.3. The summed E-state index contributed by atoms with van der Waals surface area (Å²) in [6, 6.07) is 4.71. The van der Waals surface area contributed by atoms with E-state index >= 15 is 0 Å². The number of hydrogen-bond acceptors (Lipinski definition) is 7. The van der Waals surface area contributed by atoms with Crippen LogP contribution in [0.5, 0.6) is 0 Å². The first kappa shape index (κ1) is 15.9. The quantitative estimate of drug-likeness (QED) is 0.759. The zero-order chi connectivity index (χ0) is 17.4. The Labute approximate surface area is 143 Å². The topological polar surface area (TPSA) is 104 Å². The molecule has 0 spiro atoms. The molecular formula is C17H18FN5O2. The van der Waals surface area contributed by atoms with E-state index in [0.717, 1.165) is 19.3 Å². The van der Waals surface area contributed by atoms with Crippen LogP contribution < -0.4 is 5.73 Å². The van der Waals surface area contributed by atoms with E-state index in [9.17, 15) is 4.39 Å². The lowest BCUT2D eigenvalue weighted by atomic mass is 9.77. The van der Waals surface area contributed by atoms with Crippen LogP contribution in [0.25, 0.3) is 11.4 Å². The average Bonchev–Trinajstić information content (AvgIpc) is 3.22. The zero-order valence-corrected chi connectivity index (χ0v) is 13.8. The van der Waals surface area contributed by atoms with Crippen molar-refractivity contribution in [1.82, 2.24) is 20.3 Å². The van der Waals surface area contributed by atoms with E-state index < -0.39 is 5.54 Å². The molecule has 25 heavy (non-hydrogen) atoms. The Morgan fingerprint density at radius 1 is 1.12 bits per heavy atom. The van der Waals surface area contributed by atoms with Gasteiger partial charge in [-0.15, -0.1) is 0 Å². The molecule has 7 nitrogen and oxygen atoms in total. The van der Waals surface area contributed by atoms with Crippen molar-refractivity contribution in [3.63, 3.8) is 0 Å². The third kappa shape index (κ3) is 3.05. The number of nitrogens with two attached hydrogens (primary N) is 1. The summed E-state index contributed by atoms with van der Waals surface area (Å²) < 4.78 is 23.9. The van der Waals surface area contributed by atoms with E-state index in [4.69, 9.17) is 14.8 Å². The van der Waals surface area contributed by atoms with E-state index in [1.807, 2.05) is 0 Å². The molecule has 1 aliphatic rings. The van der Waals surface area contributed by atoms with E-state index in [-0.39, 0.29) is 5.82 Å². The second-order valence-corrected chi connectivity index (χ2v) is 6.50. The molecule has 2 N–H and O–H groups in total. The minimum absolute atomic E-state index is 0.260. The van der Waals surface area contributed by atoms with Crippen LogP contribution in [0.3, 0.4) is 0 Å². The molecule has 2 aromatic heterocycles. The summed E-state index contributed by atoms with van der Waals surface area (Å²) in [5.74, 6) is 1.71. The first-order valence-electron chi connectivity index (χ1n) is 8.24. The molecule has 2 heterocycles. The van der Waals surface area contributed by atoms with Crippen molar-refractivity contribution < 1.29 is 13.4 Å². The Hall–Kier alpha value is -2.61. The zero-order valence-electron chi connectivity index (χ0n) is 13.8. The molecule has 8 heteroatoms. The molecule has 1 fully saturated rings. The van der Waals surface area contributed by atoms with Crippen LogP contribution in [-0.2, 0) is 18.4 Å².